The van der Waals surface area contributed by atoms with Gasteiger partial charge in [-0.15, -0.1) is 0 Å². The van der Waals surface area contributed by atoms with E-state index in [1.807, 2.05) is 0 Å². The van der Waals surface area contributed by atoms with Crippen LogP contribution in [0.25, 0.3) is 11.3 Å². The van der Waals surface area contributed by atoms with E-state index < -0.39 is 33.9 Å². The lowest BCUT2D eigenvalue weighted by molar-refractivity contribution is -0.145. The van der Waals surface area contributed by atoms with Gasteiger partial charge in [0.05, 0.1) is 16.6 Å². The van der Waals surface area contributed by atoms with Crippen molar-refractivity contribution in [1.29, 1.82) is 0 Å². The molecule has 1 aliphatic carbocycles. The maximum atomic E-state index is 13.3. The smallest absolute Gasteiger partial charge is 0.298 e. The van der Waals surface area contributed by atoms with Crippen molar-refractivity contribution in [2.24, 2.45) is 11.8 Å². The van der Waals surface area contributed by atoms with Gasteiger partial charge < -0.3 is 0 Å². The van der Waals surface area contributed by atoms with Crippen LogP contribution in [-0.2, 0) is 27.4 Å². The number of fused-ring (bicyclic) bond motifs is 1. The molecular formula is C23H19F4N5O3S. The van der Waals surface area contributed by atoms with Gasteiger partial charge >= 0.3 is 6.18 Å². The Labute approximate surface area is 203 Å². The minimum Gasteiger partial charge on any atom is -0.298 e. The molecule has 0 amide bonds. The Morgan fingerprint density at radius 3 is 2.42 bits per heavy atom. The minimum absolute atomic E-state index is 0.0172. The zero-order chi connectivity index (χ0) is 25.7. The third-order valence-corrected chi connectivity index (χ3v) is 8.27. The van der Waals surface area contributed by atoms with Gasteiger partial charge in [-0.2, -0.15) is 17.5 Å². The molecule has 1 saturated carbocycles. The van der Waals surface area contributed by atoms with Crippen molar-refractivity contribution in [3.63, 3.8) is 0 Å². The van der Waals surface area contributed by atoms with Gasteiger partial charge in [-0.05, 0) is 55.0 Å². The number of alkyl halides is 3. The topological polar surface area (TPSA) is 106 Å². The number of nitrogens with zero attached hydrogens (tertiary/aromatic N) is 5. The number of rotatable bonds is 7. The van der Waals surface area contributed by atoms with E-state index in [4.69, 9.17) is 0 Å². The van der Waals surface area contributed by atoms with Gasteiger partial charge in [0, 0.05) is 36.6 Å². The Balaban J connectivity index is 1.29. The van der Waals surface area contributed by atoms with Crippen molar-refractivity contribution < 1.29 is 30.8 Å². The van der Waals surface area contributed by atoms with E-state index in [2.05, 4.69) is 19.9 Å². The molecule has 0 unspecified atom stereocenters. The summed E-state index contributed by atoms with van der Waals surface area (Å²) >= 11 is 0. The van der Waals surface area contributed by atoms with Crippen LogP contribution >= 0.6 is 0 Å². The van der Waals surface area contributed by atoms with Crippen molar-refractivity contribution in [2.75, 3.05) is 6.54 Å². The van der Waals surface area contributed by atoms with Crippen LogP contribution in [0.3, 0.4) is 0 Å². The lowest BCUT2D eigenvalue weighted by Crippen LogP contribution is -2.43. The quantitative estimate of drug-likeness (QED) is 0.439. The molecule has 36 heavy (non-hydrogen) atoms. The highest BCUT2D eigenvalue weighted by Crippen LogP contribution is 2.51. The average molecular weight is 521 g/mol. The first-order valence-corrected chi connectivity index (χ1v) is 12.5. The number of Topliss-reactive ketones (excluding diaryl/α,β-unsaturated/α-hetero) is 1. The van der Waals surface area contributed by atoms with E-state index >= 15 is 0 Å². The van der Waals surface area contributed by atoms with Crippen LogP contribution < -0.4 is 0 Å². The summed E-state index contributed by atoms with van der Waals surface area (Å²) in [4.78, 5) is 27.9. The van der Waals surface area contributed by atoms with E-state index in [1.54, 1.807) is 0 Å². The SMILES string of the molecule is O=C(CCc1cc(-c2cnc(C(F)(F)F)nc2)ncn1)[C@@H]1[C@H]2C[C@H]2CN1S(=O)(=O)c1ccc(F)cc1. The highest BCUT2D eigenvalue weighted by Gasteiger charge is 2.58. The zero-order valence-corrected chi connectivity index (χ0v) is 19.4. The van der Waals surface area contributed by atoms with E-state index in [0.29, 0.717) is 11.4 Å². The van der Waals surface area contributed by atoms with Crippen molar-refractivity contribution in [1.82, 2.24) is 24.2 Å². The molecule has 188 valence electrons. The predicted molar refractivity (Wildman–Crippen MR) is 117 cm³/mol. The number of benzene rings is 1. The molecular weight excluding hydrogens is 502 g/mol. The van der Waals surface area contributed by atoms with E-state index in [-0.39, 0.29) is 47.5 Å². The molecule has 13 heteroatoms. The molecule has 0 N–H and O–H groups in total. The number of carbonyl (C=O) groups is 1. The van der Waals surface area contributed by atoms with Crippen molar-refractivity contribution in [3.8, 4) is 11.3 Å². The minimum atomic E-state index is -4.66. The van der Waals surface area contributed by atoms with Crippen LogP contribution in [0.15, 0.2) is 53.9 Å². The number of hydrogen-bond acceptors (Lipinski definition) is 7. The molecule has 2 fully saturated rings. The summed E-state index contributed by atoms with van der Waals surface area (Å²) in [5.41, 5.74) is 1.02. The molecule has 2 aliphatic rings. The average Bonchev–Trinajstić information content (AvgIpc) is 3.51. The summed E-state index contributed by atoms with van der Waals surface area (Å²) in [7, 11) is -3.97. The Bertz CT molecular complexity index is 1400. The van der Waals surface area contributed by atoms with Gasteiger partial charge in [-0.1, -0.05) is 0 Å². The van der Waals surface area contributed by atoms with Crippen LogP contribution in [0.1, 0.15) is 24.4 Å². The fourth-order valence-electron chi connectivity index (χ4n) is 4.51. The molecule has 1 aliphatic heterocycles. The second kappa shape index (κ2) is 8.96. The third-order valence-electron chi connectivity index (χ3n) is 6.41. The molecule has 1 aromatic carbocycles. The summed E-state index contributed by atoms with van der Waals surface area (Å²) in [5.74, 6) is -1.99. The van der Waals surface area contributed by atoms with Gasteiger partial charge in [0.25, 0.3) is 0 Å². The molecule has 3 heterocycles. The van der Waals surface area contributed by atoms with Crippen LogP contribution in [0.5, 0.6) is 0 Å². The van der Waals surface area contributed by atoms with Crippen LogP contribution in [0.4, 0.5) is 17.6 Å². The highest BCUT2D eigenvalue weighted by molar-refractivity contribution is 7.89. The first-order valence-electron chi connectivity index (χ1n) is 11.0. The Hall–Kier alpha value is -3.32. The van der Waals surface area contributed by atoms with Crippen molar-refractivity contribution in [2.45, 2.75) is 36.4 Å². The molecule has 0 radical (unpaired) electrons. The molecule has 8 nitrogen and oxygen atoms in total. The number of ketones is 1. The maximum Gasteiger partial charge on any atom is 0.451 e. The summed E-state index contributed by atoms with van der Waals surface area (Å²) in [5, 5.41) is 0. The molecule has 5 rings (SSSR count). The normalized spacial score (nSPS) is 21.8. The third kappa shape index (κ3) is 4.72. The fraction of sp³-hybridized carbons (Fsp3) is 0.348. The maximum absolute atomic E-state index is 13.3. The molecule has 0 spiro atoms. The van der Waals surface area contributed by atoms with Gasteiger partial charge in [0.15, 0.2) is 5.78 Å². The summed E-state index contributed by atoms with van der Waals surface area (Å²) in [6.07, 6.45) is -0.428. The van der Waals surface area contributed by atoms with Gasteiger partial charge in [-0.3, -0.25) is 4.79 Å². The van der Waals surface area contributed by atoms with E-state index in [0.717, 1.165) is 30.9 Å². The number of aryl methyl sites for hydroxylation is 1. The van der Waals surface area contributed by atoms with Crippen LogP contribution in [0, 0.1) is 17.7 Å². The highest BCUT2D eigenvalue weighted by atomic mass is 32.2. The Kier molecular flexibility index (Phi) is 6.07. The largest absolute Gasteiger partial charge is 0.451 e. The van der Waals surface area contributed by atoms with Gasteiger partial charge in [0.1, 0.15) is 12.1 Å². The number of piperidine rings is 1. The van der Waals surface area contributed by atoms with Crippen molar-refractivity contribution >= 4 is 15.8 Å². The number of hydrogen-bond donors (Lipinski definition) is 0. The summed E-state index contributed by atoms with van der Waals surface area (Å²) in [6, 6.07) is 5.23. The van der Waals surface area contributed by atoms with Crippen LogP contribution in [0.2, 0.25) is 0 Å². The standard InChI is InChI=1S/C23H19F4N5O3S/c24-15-1-4-17(5-2-15)36(34,35)32-11-13-7-18(13)21(32)20(33)6-3-16-8-19(31-12-30-16)14-9-28-22(29-10-14)23(25,26)27/h1-2,4-5,8-10,12-13,18,21H,3,6-7,11H2/t13-,18-,21-/m0/s1. The number of halogens is 4. The summed E-state index contributed by atoms with van der Waals surface area (Å²) < 4.78 is 78.8. The molecule has 3 aromatic rings. The second-order valence-corrected chi connectivity index (χ2v) is 10.7. The van der Waals surface area contributed by atoms with Crippen LogP contribution in [-0.4, -0.2) is 51.0 Å². The first kappa shape index (κ1) is 24.4. The Morgan fingerprint density at radius 1 is 1.06 bits per heavy atom. The fourth-order valence-corrected chi connectivity index (χ4v) is 6.22. The lowest BCUT2D eigenvalue weighted by atomic mass is 10.0. The first-order chi connectivity index (χ1) is 17.0. The Morgan fingerprint density at radius 2 is 1.75 bits per heavy atom. The molecule has 0 bridgehead atoms. The van der Waals surface area contributed by atoms with Gasteiger partial charge in [0.2, 0.25) is 15.8 Å². The zero-order valence-electron chi connectivity index (χ0n) is 18.6. The second-order valence-electron chi connectivity index (χ2n) is 8.79. The lowest BCUT2D eigenvalue weighted by Gasteiger charge is -2.26. The van der Waals surface area contributed by atoms with E-state index in [1.165, 1.54) is 28.8 Å². The molecule has 3 atom stereocenters. The van der Waals surface area contributed by atoms with Gasteiger partial charge in [-0.25, -0.2) is 32.7 Å². The number of aromatic nitrogens is 4. The molecule has 1 saturated heterocycles. The summed E-state index contributed by atoms with van der Waals surface area (Å²) in [6.45, 7) is 0.242. The van der Waals surface area contributed by atoms with E-state index in [9.17, 15) is 30.8 Å². The molecule has 2 aromatic heterocycles. The predicted octanol–water partition coefficient (Wildman–Crippen LogP) is 3.30. The monoisotopic (exact) mass is 521 g/mol. The number of carbonyl (C=O) groups excluding carboxylic acids is 1. The van der Waals surface area contributed by atoms with Crippen molar-refractivity contribution in [3.05, 3.63) is 66.4 Å². The number of sulfonamides is 1.